The molecule has 1 N–H and O–H groups in total. The number of carbonyl (C=O) groups is 1. The zero-order chi connectivity index (χ0) is 13.7. The number of hydrogen-bond acceptors (Lipinski definition) is 5. The van der Waals surface area contributed by atoms with Crippen LogP contribution in [0, 0.1) is 10.1 Å². The molecule has 0 saturated heterocycles. The van der Waals surface area contributed by atoms with E-state index in [1.165, 1.54) is 0 Å². The van der Waals surface area contributed by atoms with Gasteiger partial charge in [0.05, 0.1) is 11.5 Å². The van der Waals surface area contributed by atoms with E-state index in [2.05, 4.69) is 11.6 Å². The minimum Gasteiger partial charge on any atom is -0.477 e. The minimum absolute atomic E-state index is 0.159. The molecule has 1 aromatic heterocycles. The Morgan fingerprint density at radius 3 is 2.78 bits per heavy atom. The van der Waals surface area contributed by atoms with Crippen LogP contribution in [0.5, 0.6) is 5.88 Å². The fourth-order valence-corrected chi connectivity index (χ4v) is 1.12. The minimum atomic E-state index is -1.27. The maximum absolute atomic E-state index is 10.7. The second-order valence-electron chi connectivity index (χ2n) is 3.64. The highest BCUT2D eigenvalue weighted by molar-refractivity contribution is 5.85. The van der Waals surface area contributed by atoms with Gasteiger partial charge in [-0.15, -0.1) is 6.58 Å². The van der Waals surface area contributed by atoms with E-state index < -0.39 is 10.9 Å². The van der Waals surface area contributed by atoms with Crippen LogP contribution in [0.1, 0.15) is 23.8 Å². The molecule has 0 radical (unpaired) electrons. The molecule has 0 aromatic carbocycles. The summed E-state index contributed by atoms with van der Waals surface area (Å²) in [7, 11) is 0. The van der Waals surface area contributed by atoms with Crippen LogP contribution in [0.25, 0.3) is 0 Å². The van der Waals surface area contributed by atoms with Gasteiger partial charge >= 0.3 is 11.7 Å². The number of carboxylic acid groups (broad SMARTS) is 1. The molecule has 0 atom stereocenters. The summed E-state index contributed by atoms with van der Waals surface area (Å²) in [4.78, 5) is 24.4. The Kier molecular flexibility index (Phi) is 4.36. The molecule has 0 saturated carbocycles. The van der Waals surface area contributed by atoms with Crippen LogP contribution in [0.3, 0.4) is 0 Å². The number of rotatable bonds is 6. The summed E-state index contributed by atoms with van der Waals surface area (Å²) in [6.45, 7) is 5.61. The van der Waals surface area contributed by atoms with Crippen LogP contribution in [0.4, 0.5) is 5.69 Å². The van der Waals surface area contributed by atoms with E-state index in [4.69, 9.17) is 9.84 Å². The largest absolute Gasteiger partial charge is 0.477 e. The maximum atomic E-state index is 10.7. The highest BCUT2D eigenvalue weighted by Gasteiger charge is 2.19. The fraction of sp³-hybridized carbons (Fsp3) is 0.273. The van der Waals surface area contributed by atoms with Gasteiger partial charge in [-0.1, -0.05) is 5.57 Å². The molecule has 0 aliphatic carbocycles. The van der Waals surface area contributed by atoms with Crippen molar-refractivity contribution >= 4 is 11.7 Å². The van der Waals surface area contributed by atoms with Crippen molar-refractivity contribution in [2.45, 2.75) is 13.3 Å². The smallest absolute Gasteiger partial charge is 0.354 e. The third kappa shape index (κ3) is 3.55. The molecule has 7 nitrogen and oxygen atoms in total. The van der Waals surface area contributed by atoms with Crippen LogP contribution in [0.15, 0.2) is 24.3 Å². The molecule has 0 amide bonds. The van der Waals surface area contributed by atoms with Crippen molar-refractivity contribution in [1.29, 1.82) is 0 Å². The van der Waals surface area contributed by atoms with Gasteiger partial charge in [0.1, 0.15) is 0 Å². The van der Waals surface area contributed by atoms with Gasteiger partial charge in [-0.05, 0) is 13.0 Å². The first kappa shape index (κ1) is 13.6. The van der Waals surface area contributed by atoms with E-state index in [-0.39, 0.29) is 23.9 Å². The Hall–Kier alpha value is -2.44. The molecule has 1 heterocycles. The molecule has 96 valence electrons. The predicted octanol–water partition coefficient (Wildman–Crippen LogP) is 2.03. The van der Waals surface area contributed by atoms with Gasteiger partial charge in [-0.3, -0.25) is 10.1 Å². The number of aromatic nitrogens is 1. The zero-order valence-electron chi connectivity index (χ0n) is 9.75. The maximum Gasteiger partial charge on any atom is 0.354 e. The number of carboxylic acids is 1. The number of aromatic carboxylic acids is 1. The summed E-state index contributed by atoms with van der Waals surface area (Å²) in [5.41, 5.74) is 0.194. The van der Waals surface area contributed by atoms with Crippen molar-refractivity contribution in [2.24, 2.45) is 0 Å². The van der Waals surface area contributed by atoms with Gasteiger partial charge in [-0.25, -0.2) is 9.78 Å². The van der Waals surface area contributed by atoms with Crippen LogP contribution >= 0.6 is 0 Å². The summed E-state index contributed by atoms with van der Waals surface area (Å²) in [6.07, 6.45) is 0.510. The first-order chi connectivity index (χ1) is 8.41. The lowest BCUT2D eigenvalue weighted by Gasteiger charge is -2.06. The molecule has 0 aliphatic heterocycles. The van der Waals surface area contributed by atoms with Gasteiger partial charge in [0.2, 0.25) is 0 Å². The number of hydrogen-bond donors (Lipinski definition) is 1. The number of ether oxygens (including phenoxy) is 1. The van der Waals surface area contributed by atoms with E-state index in [0.717, 1.165) is 17.7 Å². The first-order valence-electron chi connectivity index (χ1n) is 5.07. The fourth-order valence-electron chi connectivity index (χ4n) is 1.12. The molecule has 0 unspecified atom stereocenters. The lowest BCUT2D eigenvalue weighted by molar-refractivity contribution is -0.386. The van der Waals surface area contributed by atoms with Crippen molar-refractivity contribution in [1.82, 2.24) is 4.98 Å². The van der Waals surface area contributed by atoms with Gasteiger partial charge in [0.15, 0.2) is 5.69 Å². The van der Waals surface area contributed by atoms with Crippen molar-refractivity contribution < 1.29 is 19.6 Å². The highest BCUT2D eigenvalue weighted by atomic mass is 16.6. The third-order valence-corrected chi connectivity index (χ3v) is 2.02. The molecular weight excluding hydrogens is 240 g/mol. The Morgan fingerprint density at radius 2 is 2.28 bits per heavy atom. The average Bonchev–Trinajstić information content (AvgIpc) is 2.27. The second-order valence-corrected chi connectivity index (χ2v) is 3.64. The average molecular weight is 252 g/mol. The monoisotopic (exact) mass is 252 g/mol. The predicted molar refractivity (Wildman–Crippen MR) is 62.8 cm³/mol. The quantitative estimate of drug-likeness (QED) is 0.472. The van der Waals surface area contributed by atoms with Crippen LogP contribution in [-0.2, 0) is 0 Å². The normalized spacial score (nSPS) is 9.83. The van der Waals surface area contributed by atoms with Crippen LogP contribution in [-0.4, -0.2) is 27.6 Å². The van der Waals surface area contributed by atoms with Gasteiger partial charge in [0, 0.05) is 12.5 Å². The van der Waals surface area contributed by atoms with E-state index in [1.807, 2.05) is 0 Å². The lowest BCUT2D eigenvalue weighted by atomic mass is 10.3. The van der Waals surface area contributed by atoms with E-state index in [9.17, 15) is 14.9 Å². The Morgan fingerprint density at radius 1 is 1.61 bits per heavy atom. The first-order valence-corrected chi connectivity index (χ1v) is 5.07. The van der Waals surface area contributed by atoms with Crippen molar-refractivity contribution in [2.75, 3.05) is 6.61 Å². The Bertz CT molecular complexity index is 498. The molecule has 1 rings (SSSR count). The number of pyridine rings is 1. The zero-order valence-corrected chi connectivity index (χ0v) is 9.75. The molecule has 1 aromatic rings. The van der Waals surface area contributed by atoms with Gasteiger partial charge in [0.25, 0.3) is 5.88 Å². The molecule has 0 spiro atoms. The molecule has 0 fully saturated rings. The molecular formula is C11H12N2O5. The molecule has 7 heteroatoms. The van der Waals surface area contributed by atoms with Gasteiger partial charge < -0.3 is 9.84 Å². The SMILES string of the molecule is C=C(C)CCOc1nc(C(=O)O)ccc1[N+](=O)[O-]. The van der Waals surface area contributed by atoms with E-state index in [0.29, 0.717) is 6.42 Å². The summed E-state index contributed by atoms with van der Waals surface area (Å²) in [6, 6.07) is 2.12. The molecule has 0 aliphatic rings. The topological polar surface area (TPSA) is 103 Å². The molecule has 0 bridgehead atoms. The summed E-state index contributed by atoms with van der Waals surface area (Å²) < 4.78 is 5.12. The van der Waals surface area contributed by atoms with Crippen molar-refractivity contribution in [3.8, 4) is 5.88 Å². The standard InChI is InChI=1S/C11H12N2O5/c1-7(2)5-6-18-10-9(13(16)17)4-3-8(12-10)11(14)15/h3-4H,1,5-6H2,2H3,(H,14,15). The second kappa shape index (κ2) is 5.76. The summed E-state index contributed by atoms with van der Waals surface area (Å²) >= 11 is 0. The number of nitrogens with zero attached hydrogens (tertiary/aromatic N) is 2. The Labute approximate surface area is 103 Å². The Balaban J connectivity index is 2.96. The number of nitro groups is 1. The summed E-state index contributed by atoms with van der Waals surface area (Å²) in [5, 5.41) is 19.5. The van der Waals surface area contributed by atoms with Crippen LogP contribution < -0.4 is 4.74 Å². The third-order valence-electron chi connectivity index (χ3n) is 2.02. The van der Waals surface area contributed by atoms with Crippen molar-refractivity contribution in [3.63, 3.8) is 0 Å². The van der Waals surface area contributed by atoms with Crippen molar-refractivity contribution in [3.05, 3.63) is 40.1 Å². The van der Waals surface area contributed by atoms with E-state index in [1.54, 1.807) is 6.92 Å². The van der Waals surface area contributed by atoms with E-state index >= 15 is 0 Å². The highest BCUT2D eigenvalue weighted by Crippen LogP contribution is 2.24. The lowest BCUT2D eigenvalue weighted by Crippen LogP contribution is -2.07. The van der Waals surface area contributed by atoms with Crippen LogP contribution in [0.2, 0.25) is 0 Å². The summed E-state index contributed by atoms with van der Waals surface area (Å²) in [5.74, 6) is -1.56. The molecule has 18 heavy (non-hydrogen) atoms. The van der Waals surface area contributed by atoms with Gasteiger partial charge in [-0.2, -0.15) is 0 Å².